The molecule has 0 aliphatic heterocycles. The maximum Gasteiger partial charge on any atom is 0.311 e. The molecule has 94 valence electrons. The first-order valence-corrected chi connectivity index (χ1v) is 4.84. The molecule has 1 aromatic heterocycles. The average Bonchev–Trinajstić information content (AvgIpc) is 2.25. The lowest BCUT2D eigenvalue weighted by Gasteiger charge is -2.06. The van der Waals surface area contributed by atoms with E-state index in [-0.39, 0.29) is 18.7 Å². The summed E-state index contributed by atoms with van der Waals surface area (Å²) in [4.78, 5) is 24.6. The Morgan fingerprint density at radius 3 is 2.76 bits per heavy atom. The SMILES string of the molecule is CCOC(=O)Cc1[nH]cc(C(F)F)c(=O)c1O. The molecule has 5 nitrogen and oxygen atoms in total. The van der Waals surface area contributed by atoms with Crippen molar-refractivity contribution in [2.45, 2.75) is 19.8 Å². The number of aromatic nitrogens is 1. The number of ether oxygens (including phenoxy) is 1. The number of hydrogen-bond acceptors (Lipinski definition) is 4. The molecule has 17 heavy (non-hydrogen) atoms. The second-order valence-electron chi connectivity index (χ2n) is 3.18. The van der Waals surface area contributed by atoms with E-state index in [1.54, 1.807) is 6.92 Å². The van der Waals surface area contributed by atoms with Crippen LogP contribution in [0, 0.1) is 0 Å². The van der Waals surface area contributed by atoms with Crippen LogP contribution in [0.1, 0.15) is 24.6 Å². The summed E-state index contributed by atoms with van der Waals surface area (Å²) in [7, 11) is 0. The maximum absolute atomic E-state index is 12.3. The van der Waals surface area contributed by atoms with Crippen molar-refractivity contribution in [3.05, 3.63) is 27.7 Å². The standard InChI is InChI=1S/C10H11F2NO4/c1-2-17-7(14)3-6-9(16)8(15)5(4-13-6)10(11)12/h4,10,16H,2-3H2,1H3,(H,13,15). The zero-order valence-electron chi connectivity index (χ0n) is 9.00. The molecule has 0 aliphatic carbocycles. The Hall–Kier alpha value is -1.92. The summed E-state index contributed by atoms with van der Waals surface area (Å²) in [5, 5.41) is 9.36. The topological polar surface area (TPSA) is 79.4 Å². The van der Waals surface area contributed by atoms with Gasteiger partial charge in [-0.05, 0) is 6.92 Å². The summed E-state index contributed by atoms with van der Waals surface area (Å²) < 4.78 is 29.2. The number of aromatic hydroxyl groups is 1. The fourth-order valence-corrected chi connectivity index (χ4v) is 1.23. The maximum atomic E-state index is 12.3. The van der Waals surface area contributed by atoms with Gasteiger partial charge in [0.05, 0.1) is 24.3 Å². The monoisotopic (exact) mass is 247 g/mol. The van der Waals surface area contributed by atoms with Gasteiger partial charge < -0.3 is 14.8 Å². The van der Waals surface area contributed by atoms with Gasteiger partial charge in [0.15, 0.2) is 5.75 Å². The number of H-pyrrole nitrogens is 1. The number of carbonyl (C=O) groups excluding carboxylic acids is 1. The number of hydrogen-bond donors (Lipinski definition) is 2. The number of aromatic amines is 1. The largest absolute Gasteiger partial charge is 0.503 e. The van der Waals surface area contributed by atoms with Gasteiger partial charge in [0.25, 0.3) is 6.43 Å². The Labute approximate surface area is 95.0 Å². The number of carbonyl (C=O) groups is 1. The average molecular weight is 247 g/mol. The van der Waals surface area contributed by atoms with E-state index in [9.17, 15) is 23.5 Å². The normalized spacial score (nSPS) is 10.6. The minimum Gasteiger partial charge on any atom is -0.503 e. The second-order valence-corrected chi connectivity index (χ2v) is 3.18. The Bertz CT molecular complexity index is 470. The molecule has 0 spiro atoms. The molecule has 0 atom stereocenters. The number of pyridine rings is 1. The molecule has 0 unspecified atom stereocenters. The summed E-state index contributed by atoms with van der Waals surface area (Å²) in [6.07, 6.45) is -2.58. The van der Waals surface area contributed by atoms with Gasteiger partial charge in [0.1, 0.15) is 0 Å². The van der Waals surface area contributed by atoms with Crippen molar-refractivity contribution in [1.29, 1.82) is 0 Å². The van der Waals surface area contributed by atoms with E-state index in [0.717, 1.165) is 6.20 Å². The lowest BCUT2D eigenvalue weighted by atomic mass is 10.2. The third-order valence-electron chi connectivity index (χ3n) is 2.03. The van der Waals surface area contributed by atoms with Crippen molar-refractivity contribution in [2.75, 3.05) is 6.61 Å². The molecule has 0 radical (unpaired) electrons. The Kier molecular flexibility index (Phi) is 4.19. The molecule has 0 aromatic carbocycles. The van der Waals surface area contributed by atoms with Crippen molar-refractivity contribution in [1.82, 2.24) is 4.98 Å². The van der Waals surface area contributed by atoms with Gasteiger partial charge in [-0.1, -0.05) is 0 Å². The first-order chi connectivity index (χ1) is 7.97. The summed E-state index contributed by atoms with van der Waals surface area (Å²) >= 11 is 0. The highest BCUT2D eigenvalue weighted by atomic mass is 19.3. The molecule has 0 aliphatic rings. The van der Waals surface area contributed by atoms with E-state index < -0.39 is 29.1 Å². The minimum atomic E-state index is -2.98. The predicted octanol–water partition coefficient (Wildman–Crippen LogP) is 1.12. The highest BCUT2D eigenvalue weighted by molar-refractivity contribution is 5.72. The predicted molar refractivity (Wildman–Crippen MR) is 54.0 cm³/mol. The van der Waals surface area contributed by atoms with Crippen LogP contribution in [0.4, 0.5) is 8.78 Å². The Balaban J connectivity index is 3.01. The molecule has 0 fully saturated rings. The highest BCUT2D eigenvalue weighted by Crippen LogP contribution is 2.18. The van der Waals surface area contributed by atoms with E-state index in [1.165, 1.54) is 0 Å². The van der Waals surface area contributed by atoms with Crippen molar-refractivity contribution in [3.63, 3.8) is 0 Å². The van der Waals surface area contributed by atoms with Crippen LogP contribution in [0.3, 0.4) is 0 Å². The number of halogens is 2. The molecule has 0 amide bonds. The molecule has 7 heteroatoms. The van der Waals surface area contributed by atoms with Crippen LogP contribution in [0.5, 0.6) is 5.75 Å². The van der Waals surface area contributed by atoms with Crippen molar-refractivity contribution in [3.8, 4) is 5.75 Å². The number of esters is 1. The smallest absolute Gasteiger partial charge is 0.311 e. The summed E-state index contributed by atoms with van der Waals surface area (Å²) in [5.74, 6) is -1.54. The van der Waals surface area contributed by atoms with Crippen LogP contribution in [-0.4, -0.2) is 22.7 Å². The molecule has 0 saturated carbocycles. The van der Waals surface area contributed by atoms with Crippen LogP contribution in [-0.2, 0) is 16.0 Å². The third kappa shape index (κ3) is 3.02. The van der Waals surface area contributed by atoms with Gasteiger partial charge in [0, 0.05) is 6.20 Å². The lowest BCUT2D eigenvalue weighted by Crippen LogP contribution is -2.15. The van der Waals surface area contributed by atoms with E-state index >= 15 is 0 Å². The van der Waals surface area contributed by atoms with Crippen LogP contribution in [0.15, 0.2) is 11.0 Å². The Morgan fingerprint density at radius 1 is 1.59 bits per heavy atom. The zero-order chi connectivity index (χ0) is 13.0. The molecule has 1 aromatic rings. The molecular weight excluding hydrogens is 236 g/mol. The van der Waals surface area contributed by atoms with E-state index in [2.05, 4.69) is 9.72 Å². The van der Waals surface area contributed by atoms with Gasteiger partial charge in [0.2, 0.25) is 5.43 Å². The molecule has 1 heterocycles. The third-order valence-corrected chi connectivity index (χ3v) is 2.03. The molecule has 1 rings (SSSR count). The van der Waals surface area contributed by atoms with Crippen LogP contribution >= 0.6 is 0 Å². The van der Waals surface area contributed by atoms with Gasteiger partial charge in [-0.2, -0.15) is 0 Å². The van der Waals surface area contributed by atoms with Gasteiger partial charge in [-0.15, -0.1) is 0 Å². The van der Waals surface area contributed by atoms with E-state index in [1.807, 2.05) is 0 Å². The number of alkyl halides is 2. The fraction of sp³-hybridized carbons (Fsp3) is 0.400. The Morgan fingerprint density at radius 2 is 2.24 bits per heavy atom. The van der Waals surface area contributed by atoms with Crippen LogP contribution < -0.4 is 5.43 Å². The molecular formula is C10H11F2NO4. The van der Waals surface area contributed by atoms with Gasteiger partial charge in [-0.25, -0.2) is 8.78 Å². The van der Waals surface area contributed by atoms with Gasteiger partial charge >= 0.3 is 5.97 Å². The number of rotatable bonds is 4. The fourth-order valence-electron chi connectivity index (χ4n) is 1.23. The van der Waals surface area contributed by atoms with Crippen molar-refractivity contribution < 1.29 is 23.4 Å². The minimum absolute atomic E-state index is 0.141. The van der Waals surface area contributed by atoms with Crippen molar-refractivity contribution in [2.24, 2.45) is 0 Å². The first-order valence-electron chi connectivity index (χ1n) is 4.84. The highest BCUT2D eigenvalue weighted by Gasteiger charge is 2.18. The van der Waals surface area contributed by atoms with Crippen molar-refractivity contribution >= 4 is 5.97 Å². The summed E-state index contributed by atoms with van der Waals surface area (Å²) in [6, 6.07) is 0. The quantitative estimate of drug-likeness (QED) is 0.781. The van der Waals surface area contributed by atoms with E-state index in [0.29, 0.717) is 0 Å². The first kappa shape index (κ1) is 13.1. The zero-order valence-corrected chi connectivity index (χ0v) is 9.00. The van der Waals surface area contributed by atoms with Crippen LogP contribution in [0.2, 0.25) is 0 Å². The lowest BCUT2D eigenvalue weighted by molar-refractivity contribution is -0.142. The molecule has 0 saturated heterocycles. The summed E-state index contributed by atoms with van der Waals surface area (Å²) in [6.45, 7) is 1.75. The van der Waals surface area contributed by atoms with Gasteiger partial charge in [-0.3, -0.25) is 9.59 Å². The molecule has 2 N–H and O–H groups in total. The number of nitrogens with one attached hydrogen (secondary N) is 1. The molecule has 0 bridgehead atoms. The van der Waals surface area contributed by atoms with Crippen LogP contribution in [0.25, 0.3) is 0 Å². The summed E-state index contributed by atoms with van der Waals surface area (Å²) in [5.41, 5.74) is -2.16. The van der Waals surface area contributed by atoms with E-state index in [4.69, 9.17) is 0 Å². The second kappa shape index (κ2) is 5.42.